The van der Waals surface area contributed by atoms with E-state index >= 15 is 0 Å². The third kappa shape index (κ3) is 5.77. The Hall–Kier alpha value is 0.250. The zero-order chi connectivity index (χ0) is 11.9. The van der Waals surface area contributed by atoms with Crippen LogP contribution in [0.3, 0.4) is 0 Å². The van der Waals surface area contributed by atoms with Crippen LogP contribution in [0.4, 0.5) is 0 Å². The molecule has 1 nitrogen and oxygen atoms in total. The minimum absolute atomic E-state index is 0.126. The summed E-state index contributed by atoms with van der Waals surface area (Å²) in [5.41, 5.74) is 0.126. The number of unbranched alkanes of at least 4 members (excludes halogenated alkanes) is 1. The Labute approximate surface area is 101 Å². The molecule has 2 heteroatoms. The number of nitrogens with zero attached hydrogens (tertiary/aromatic N) is 1. The maximum absolute atomic E-state index is 5.98. The van der Waals surface area contributed by atoms with Gasteiger partial charge >= 0.3 is 0 Å². The van der Waals surface area contributed by atoms with Gasteiger partial charge in [-0.15, -0.1) is 11.6 Å². The smallest absolute Gasteiger partial charge is 0.0402 e. The van der Waals surface area contributed by atoms with Crippen LogP contribution in [-0.4, -0.2) is 29.9 Å². The van der Waals surface area contributed by atoms with Crippen molar-refractivity contribution in [1.82, 2.24) is 4.90 Å². The molecule has 0 aromatic heterocycles. The third-order valence-electron chi connectivity index (χ3n) is 3.44. The molecular formula is C13H28ClN. The fourth-order valence-electron chi connectivity index (χ4n) is 1.65. The highest BCUT2D eigenvalue weighted by atomic mass is 35.5. The first-order chi connectivity index (χ1) is 6.97. The van der Waals surface area contributed by atoms with Gasteiger partial charge in [0.1, 0.15) is 0 Å². The summed E-state index contributed by atoms with van der Waals surface area (Å²) >= 11 is 5.98. The summed E-state index contributed by atoms with van der Waals surface area (Å²) in [5, 5.41) is 0. The molecule has 1 unspecified atom stereocenters. The second kappa shape index (κ2) is 7.51. The van der Waals surface area contributed by atoms with Gasteiger partial charge in [0.25, 0.3) is 0 Å². The van der Waals surface area contributed by atoms with Gasteiger partial charge in [-0.1, -0.05) is 33.1 Å². The van der Waals surface area contributed by atoms with Crippen molar-refractivity contribution < 1.29 is 0 Å². The molecule has 0 aliphatic rings. The fraction of sp³-hybridized carbons (Fsp3) is 1.00. The molecule has 0 rings (SSSR count). The van der Waals surface area contributed by atoms with E-state index in [1.54, 1.807) is 0 Å². The Bertz CT molecular complexity index is 157. The maximum atomic E-state index is 5.98. The summed E-state index contributed by atoms with van der Waals surface area (Å²) in [5.74, 6) is 1.53. The van der Waals surface area contributed by atoms with Crippen molar-refractivity contribution in [3.05, 3.63) is 0 Å². The molecule has 0 aliphatic heterocycles. The van der Waals surface area contributed by atoms with Gasteiger partial charge in [-0.3, -0.25) is 4.90 Å². The van der Waals surface area contributed by atoms with Crippen LogP contribution < -0.4 is 0 Å². The highest BCUT2D eigenvalue weighted by Gasteiger charge is 2.23. The first-order valence-corrected chi connectivity index (χ1v) is 6.78. The largest absolute Gasteiger partial charge is 0.300 e. The molecule has 15 heavy (non-hydrogen) atoms. The van der Waals surface area contributed by atoms with E-state index in [0.717, 1.165) is 5.92 Å². The topological polar surface area (TPSA) is 3.24 Å². The second-order valence-corrected chi connectivity index (χ2v) is 5.51. The van der Waals surface area contributed by atoms with Gasteiger partial charge in [0, 0.05) is 18.0 Å². The normalized spacial score (nSPS) is 14.6. The highest BCUT2D eigenvalue weighted by molar-refractivity contribution is 6.18. The third-order valence-corrected chi connectivity index (χ3v) is 4.09. The molecule has 0 aromatic carbocycles. The lowest BCUT2D eigenvalue weighted by Crippen LogP contribution is -2.45. The van der Waals surface area contributed by atoms with Crippen molar-refractivity contribution in [2.24, 2.45) is 5.92 Å². The summed E-state index contributed by atoms with van der Waals surface area (Å²) in [6.07, 6.45) is 5.30. The van der Waals surface area contributed by atoms with Crippen molar-refractivity contribution in [3.63, 3.8) is 0 Å². The lowest BCUT2D eigenvalue weighted by atomic mass is 9.96. The van der Waals surface area contributed by atoms with Crippen LogP contribution in [0.1, 0.15) is 53.4 Å². The maximum Gasteiger partial charge on any atom is 0.0402 e. The van der Waals surface area contributed by atoms with E-state index in [1.165, 1.54) is 32.2 Å². The summed E-state index contributed by atoms with van der Waals surface area (Å²) in [6, 6.07) is 0. The van der Waals surface area contributed by atoms with Crippen LogP contribution in [0.15, 0.2) is 0 Å². The minimum Gasteiger partial charge on any atom is -0.300 e. The van der Waals surface area contributed by atoms with E-state index in [1.807, 2.05) is 0 Å². The predicted octanol–water partition coefficient (Wildman–Crippen LogP) is 4.15. The molecule has 0 heterocycles. The Balaban J connectivity index is 4.05. The molecule has 0 aliphatic carbocycles. The molecule has 0 saturated heterocycles. The van der Waals surface area contributed by atoms with E-state index in [4.69, 9.17) is 11.6 Å². The van der Waals surface area contributed by atoms with Gasteiger partial charge in [0.15, 0.2) is 0 Å². The van der Waals surface area contributed by atoms with Gasteiger partial charge in [-0.05, 0) is 33.2 Å². The van der Waals surface area contributed by atoms with E-state index in [9.17, 15) is 0 Å². The van der Waals surface area contributed by atoms with Crippen molar-refractivity contribution in [1.29, 1.82) is 0 Å². The lowest BCUT2D eigenvalue weighted by Gasteiger charge is -2.36. The average molecular weight is 234 g/mol. The zero-order valence-corrected chi connectivity index (χ0v) is 11.9. The monoisotopic (exact) mass is 233 g/mol. The summed E-state index contributed by atoms with van der Waals surface area (Å²) in [7, 11) is 2.19. The van der Waals surface area contributed by atoms with Crippen molar-refractivity contribution in [2.75, 3.05) is 19.5 Å². The number of rotatable bonds is 8. The summed E-state index contributed by atoms with van der Waals surface area (Å²) in [4.78, 5) is 2.41. The molecule has 92 valence electrons. The van der Waals surface area contributed by atoms with E-state index in [0.29, 0.717) is 5.88 Å². The molecule has 0 saturated carbocycles. The lowest BCUT2D eigenvalue weighted by molar-refractivity contribution is 0.145. The van der Waals surface area contributed by atoms with Gasteiger partial charge in [0.2, 0.25) is 0 Å². The molecule has 0 N–H and O–H groups in total. The molecule has 0 aromatic rings. The number of hydrogen-bond donors (Lipinski definition) is 0. The van der Waals surface area contributed by atoms with Crippen LogP contribution in [0.5, 0.6) is 0 Å². The summed E-state index contributed by atoms with van der Waals surface area (Å²) < 4.78 is 0. The number of hydrogen-bond acceptors (Lipinski definition) is 1. The summed E-state index contributed by atoms with van der Waals surface area (Å²) in [6.45, 7) is 10.2. The Morgan fingerprint density at radius 1 is 1.27 bits per heavy atom. The van der Waals surface area contributed by atoms with Gasteiger partial charge in [0.05, 0.1) is 0 Å². The van der Waals surface area contributed by atoms with Gasteiger partial charge < -0.3 is 0 Å². The molecule has 0 bridgehead atoms. The van der Waals surface area contributed by atoms with E-state index < -0.39 is 0 Å². The van der Waals surface area contributed by atoms with Crippen molar-refractivity contribution in [2.45, 2.75) is 58.9 Å². The van der Waals surface area contributed by atoms with Crippen LogP contribution in [0, 0.1) is 5.92 Å². The Kier molecular flexibility index (Phi) is 7.64. The van der Waals surface area contributed by atoms with E-state index in [-0.39, 0.29) is 5.54 Å². The van der Waals surface area contributed by atoms with Crippen LogP contribution in [0.25, 0.3) is 0 Å². The van der Waals surface area contributed by atoms with Crippen LogP contribution >= 0.6 is 11.6 Å². The molecule has 0 spiro atoms. The Morgan fingerprint density at radius 3 is 2.27 bits per heavy atom. The van der Waals surface area contributed by atoms with Gasteiger partial charge in [-0.2, -0.15) is 0 Å². The fourth-order valence-corrected chi connectivity index (χ4v) is 1.86. The molecule has 1 atom stereocenters. The average Bonchev–Trinajstić information content (AvgIpc) is 2.23. The molecule has 0 fully saturated rings. The van der Waals surface area contributed by atoms with Crippen molar-refractivity contribution >= 4 is 11.6 Å². The van der Waals surface area contributed by atoms with E-state index in [2.05, 4.69) is 39.6 Å². The van der Waals surface area contributed by atoms with Crippen molar-refractivity contribution in [3.8, 4) is 0 Å². The molecule has 0 radical (unpaired) electrons. The highest BCUT2D eigenvalue weighted by Crippen LogP contribution is 2.20. The zero-order valence-electron chi connectivity index (χ0n) is 11.1. The Morgan fingerprint density at radius 2 is 1.87 bits per heavy atom. The minimum atomic E-state index is 0.126. The molecular weight excluding hydrogens is 206 g/mol. The first-order valence-electron chi connectivity index (χ1n) is 6.25. The standard InChI is InChI=1S/C13H28ClN/c1-6-8-9-12(7-2)10-15(5)13(3,4)11-14/h12H,6-11H2,1-5H3. The SMILES string of the molecule is CCCCC(CC)CN(C)C(C)(C)CCl. The van der Waals surface area contributed by atoms with Gasteiger partial charge in [-0.25, -0.2) is 0 Å². The molecule has 0 amide bonds. The first kappa shape index (κ1) is 15.2. The number of alkyl halides is 1. The predicted molar refractivity (Wildman–Crippen MR) is 70.7 cm³/mol. The van der Waals surface area contributed by atoms with Crippen LogP contribution in [0.2, 0.25) is 0 Å². The number of halogens is 1. The quantitative estimate of drug-likeness (QED) is 0.570. The second-order valence-electron chi connectivity index (χ2n) is 5.24. The van der Waals surface area contributed by atoms with Crippen LogP contribution in [-0.2, 0) is 0 Å².